The maximum Gasteiger partial charge on any atom is 0.251 e. The number of nitrogens with zero attached hydrogens (tertiary/aromatic N) is 3. The Morgan fingerprint density at radius 3 is 2.68 bits per heavy atom. The number of ether oxygens (including phenoxy) is 1. The minimum atomic E-state index is -0.225. The maximum atomic E-state index is 12.7. The average molecular weight is 341 g/mol. The summed E-state index contributed by atoms with van der Waals surface area (Å²) in [7, 11) is 0. The number of hydrogen-bond acceptors (Lipinski definition) is 3. The molecule has 134 valence electrons. The highest BCUT2D eigenvalue weighted by Crippen LogP contribution is 2.30. The van der Waals surface area contributed by atoms with Crippen LogP contribution in [0.25, 0.3) is 11.0 Å². The van der Waals surface area contributed by atoms with Crippen LogP contribution in [0.2, 0.25) is 0 Å². The van der Waals surface area contributed by atoms with Crippen molar-refractivity contribution in [2.24, 2.45) is 5.92 Å². The highest BCUT2D eigenvalue weighted by Gasteiger charge is 2.36. The molecule has 2 aliphatic heterocycles. The van der Waals surface area contributed by atoms with Crippen molar-refractivity contribution >= 4 is 16.9 Å². The van der Waals surface area contributed by atoms with Crippen LogP contribution in [0.5, 0.6) is 0 Å². The molecule has 5 nitrogen and oxygen atoms in total. The lowest BCUT2D eigenvalue weighted by atomic mass is 10.00. The van der Waals surface area contributed by atoms with Crippen molar-refractivity contribution < 1.29 is 9.53 Å². The van der Waals surface area contributed by atoms with Crippen molar-refractivity contribution in [3.63, 3.8) is 0 Å². The summed E-state index contributed by atoms with van der Waals surface area (Å²) in [5.74, 6) is 1.68. The predicted molar refractivity (Wildman–Crippen MR) is 97.5 cm³/mol. The molecule has 4 rings (SSSR count). The molecule has 2 aliphatic rings. The number of imidazole rings is 1. The molecule has 1 amide bonds. The first-order chi connectivity index (χ1) is 12.2. The Morgan fingerprint density at radius 2 is 2.00 bits per heavy atom. The first kappa shape index (κ1) is 16.6. The molecule has 1 aromatic carbocycles. The Morgan fingerprint density at radius 1 is 1.24 bits per heavy atom. The third-order valence-corrected chi connectivity index (χ3v) is 5.76. The van der Waals surface area contributed by atoms with Crippen molar-refractivity contribution in [3.8, 4) is 0 Å². The molecule has 0 spiro atoms. The number of rotatable bonds is 3. The summed E-state index contributed by atoms with van der Waals surface area (Å²) in [4.78, 5) is 19.5. The molecule has 2 unspecified atom stereocenters. The van der Waals surface area contributed by atoms with Gasteiger partial charge in [-0.25, -0.2) is 4.98 Å². The van der Waals surface area contributed by atoms with Gasteiger partial charge in [0.2, 0.25) is 0 Å². The number of aryl methyl sites for hydroxylation is 1. The highest BCUT2D eigenvalue weighted by atomic mass is 16.5. The summed E-state index contributed by atoms with van der Waals surface area (Å²) in [6.45, 7) is 6.62. The van der Waals surface area contributed by atoms with E-state index in [9.17, 15) is 4.79 Å². The molecule has 25 heavy (non-hydrogen) atoms. The van der Waals surface area contributed by atoms with E-state index in [2.05, 4.69) is 36.6 Å². The minimum absolute atomic E-state index is 0.189. The Balaban J connectivity index is 1.50. The molecule has 0 radical (unpaired) electrons. The Labute approximate surface area is 149 Å². The lowest BCUT2D eigenvalue weighted by Gasteiger charge is -2.35. The van der Waals surface area contributed by atoms with Crippen LogP contribution in [0.3, 0.4) is 0 Å². The first-order valence-electron chi connectivity index (χ1n) is 9.55. The number of carbonyl (C=O) groups is 1. The fraction of sp³-hybridized carbons (Fsp3) is 0.600. The van der Waals surface area contributed by atoms with Crippen molar-refractivity contribution in [2.75, 3.05) is 19.7 Å². The third-order valence-electron chi connectivity index (χ3n) is 5.76. The molecule has 2 fully saturated rings. The van der Waals surface area contributed by atoms with E-state index in [4.69, 9.17) is 9.72 Å². The molecule has 0 N–H and O–H groups in total. The maximum absolute atomic E-state index is 12.7. The topological polar surface area (TPSA) is 47.4 Å². The number of hydrogen-bond donors (Lipinski definition) is 0. The van der Waals surface area contributed by atoms with Gasteiger partial charge in [-0.15, -0.1) is 0 Å². The van der Waals surface area contributed by atoms with E-state index in [1.165, 1.54) is 5.52 Å². The van der Waals surface area contributed by atoms with Gasteiger partial charge in [0, 0.05) is 32.2 Å². The normalized spacial score (nSPS) is 25.0. The predicted octanol–water partition coefficient (Wildman–Crippen LogP) is 3.19. The molecular weight excluding hydrogens is 314 g/mol. The number of para-hydroxylation sites is 2. The van der Waals surface area contributed by atoms with Crippen LogP contribution < -0.4 is 0 Å². The lowest BCUT2D eigenvalue weighted by Crippen LogP contribution is -2.45. The van der Waals surface area contributed by atoms with E-state index in [0.29, 0.717) is 12.0 Å². The summed E-state index contributed by atoms with van der Waals surface area (Å²) in [5.41, 5.74) is 2.29. The zero-order valence-electron chi connectivity index (χ0n) is 15.1. The summed E-state index contributed by atoms with van der Waals surface area (Å²) < 4.78 is 8.08. The van der Waals surface area contributed by atoms with Gasteiger partial charge in [-0.2, -0.15) is 0 Å². The average Bonchev–Trinajstić information content (AvgIpc) is 3.24. The molecule has 3 heterocycles. The molecular formula is C20H27N3O2. The van der Waals surface area contributed by atoms with Crippen LogP contribution in [0.4, 0.5) is 0 Å². The van der Waals surface area contributed by atoms with Gasteiger partial charge in [0.15, 0.2) is 0 Å². The fourth-order valence-corrected chi connectivity index (χ4v) is 4.29. The molecule has 0 saturated carbocycles. The summed E-state index contributed by atoms with van der Waals surface area (Å²) in [6, 6.07) is 8.80. The van der Waals surface area contributed by atoms with Crippen molar-refractivity contribution in [1.29, 1.82) is 0 Å². The zero-order valence-corrected chi connectivity index (χ0v) is 15.1. The van der Waals surface area contributed by atoms with Crippen LogP contribution >= 0.6 is 0 Å². The van der Waals surface area contributed by atoms with Gasteiger partial charge >= 0.3 is 0 Å². The van der Waals surface area contributed by atoms with Gasteiger partial charge in [0.1, 0.15) is 11.9 Å². The zero-order chi connectivity index (χ0) is 17.4. The Kier molecular flexibility index (Phi) is 4.50. The van der Waals surface area contributed by atoms with Crippen molar-refractivity contribution in [1.82, 2.24) is 14.5 Å². The van der Waals surface area contributed by atoms with Crippen LogP contribution in [0, 0.1) is 5.92 Å². The highest BCUT2D eigenvalue weighted by molar-refractivity contribution is 5.81. The molecule has 0 aliphatic carbocycles. The van der Waals surface area contributed by atoms with E-state index in [0.717, 1.165) is 56.7 Å². The summed E-state index contributed by atoms with van der Waals surface area (Å²) >= 11 is 0. The fourth-order valence-electron chi connectivity index (χ4n) is 4.29. The second-order valence-corrected chi connectivity index (χ2v) is 7.35. The number of likely N-dealkylation sites (tertiary alicyclic amines) is 1. The second kappa shape index (κ2) is 6.79. The largest absolute Gasteiger partial charge is 0.368 e. The van der Waals surface area contributed by atoms with E-state index in [1.807, 2.05) is 11.0 Å². The van der Waals surface area contributed by atoms with Crippen LogP contribution in [0.1, 0.15) is 45.0 Å². The second-order valence-electron chi connectivity index (χ2n) is 7.35. The molecule has 0 bridgehead atoms. The first-order valence-corrected chi connectivity index (χ1v) is 9.55. The number of fused-ring (bicyclic) bond motifs is 1. The van der Waals surface area contributed by atoms with E-state index in [1.54, 1.807) is 0 Å². The Hall–Kier alpha value is -1.88. The number of aromatic nitrogens is 2. The number of piperidine rings is 1. The van der Waals surface area contributed by atoms with Gasteiger partial charge < -0.3 is 14.2 Å². The Bertz CT molecular complexity index is 761. The number of benzene rings is 1. The molecule has 5 heteroatoms. The quantitative estimate of drug-likeness (QED) is 0.861. The smallest absolute Gasteiger partial charge is 0.251 e. The van der Waals surface area contributed by atoms with Gasteiger partial charge in [-0.05, 0) is 37.3 Å². The molecule has 2 aromatic rings. The van der Waals surface area contributed by atoms with Gasteiger partial charge in [-0.3, -0.25) is 4.79 Å². The summed E-state index contributed by atoms with van der Waals surface area (Å²) in [5, 5.41) is 0. The van der Waals surface area contributed by atoms with E-state index >= 15 is 0 Å². The molecule has 2 atom stereocenters. The van der Waals surface area contributed by atoms with Crippen LogP contribution in [-0.4, -0.2) is 46.2 Å². The standard InChI is InChI=1S/C20H27N3O2/c1-3-18-21-16-6-4-5-7-17(16)23(18)15-8-11-22(12-9-15)20(24)19-14(2)10-13-25-19/h4-7,14-15,19H,3,8-13H2,1-2H3. The number of carbonyl (C=O) groups excluding carboxylic acids is 1. The number of amides is 1. The monoisotopic (exact) mass is 341 g/mol. The van der Waals surface area contributed by atoms with Gasteiger partial charge in [0.25, 0.3) is 5.91 Å². The van der Waals surface area contributed by atoms with Gasteiger partial charge in [-0.1, -0.05) is 26.0 Å². The third kappa shape index (κ3) is 2.95. The molecule has 1 aromatic heterocycles. The van der Waals surface area contributed by atoms with Crippen molar-refractivity contribution in [3.05, 3.63) is 30.1 Å². The molecule has 2 saturated heterocycles. The van der Waals surface area contributed by atoms with Crippen molar-refractivity contribution in [2.45, 2.75) is 51.7 Å². The lowest BCUT2D eigenvalue weighted by molar-refractivity contribution is -0.143. The summed E-state index contributed by atoms with van der Waals surface area (Å²) in [6.07, 6.45) is 3.67. The van der Waals surface area contributed by atoms with Crippen LogP contribution in [-0.2, 0) is 16.0 Å². The van der Waals surface area contributed by atoms with E-state index < -0.39 is 0 Å². The SMILES string of the molecule is CCc1nc2ccccc2n1C1CCN(C(=O)C2OCCC2C)CC1. The minimum Gasteiger partial charge on any atom is -0.368 e. The van der Waals surface area contributed by atoms with Crippen LogP contribution in [0.15, 0.2) is 24.3 Å². The van der Waals surface area contributed by atoms with Gasteiger partial charge in [0.05, 0.1) is 11.0 Å². The van der Waals surface area contributed by atoms with E-state index in [-0.39, 0.29) is 12.0 Å².